The lowest BCUT2D eigenvalue weighted by Gasteiger charge is -2.28. The van der Waals surface area contributed by atoms with E-state index in [1.165, 1.54) is 11.3 Å². The van der Waals surface area contributed by atoms with Crippen molar-refractivity contribution in [2.75, 3.05) is 26.8 Å². The van der Waals surface area contributed by atoms with E-state index in [2.05, 4.69) is 26.0 Å². The molecule has 1 fully saturated rings. The summed E-state index contributed by atoms with van der Waals surface area (Å²) >= 11 is 4.45. The molecule has 0 aliphatic carbocycles. The van der Waals surface area contributed by atoms with E-state index in [1.54, 1.807) is 18.6 Å². The Balaban J connectivity index is 0.00000200. The van der Waals surface area contributed by atoms with Crippen LogP contribution in [0.4, 0.5) is 0 Å². The highest BCUT2D eigenvalue weighted by Gasteiger charge is 2.35. The monoisotopic (exact) mass is 404 g/mol. The Hall–Kier alpha value is 0.300. The van der Waals surface area contributed by atoms with E-state index >= 15 is 0 Å². The maximum Gasteiger partial charge on any atom is 0.251 e. The van der Waals surface area contributed by atoms with Crippen molar-refractivity contribution in [3.05, 3.63) is 15.9 Å². The van der Waals surface area contributed by atoms with Crippen LogP contribution in [0.5, 0.6) is 0 Å². The summed E-state index contributed by atoms with van der Waals surface area (Å²) in [6, 6.07) is 1.73. The third kappa shape index (κ3) is 4.16. The molecule has 1 aliphatic heterocycles. The Morgan fingerprint density at radius 1 is 1.60 bits per heavy atom. The number of rotatable bonds is 6. The van der Waals surface area contributed by atoms with Gasteiger partial charge in [-0.25, -0.2) is 13.1 Å². The molecule has 20 heavy (non-hydrogen) atoms. The normalized spacial score (nSPS) is 22.7. The number of halogens is 2. The molecule has 2 rings (SSSR count). The van der Waals surface area contributed by atoms with Crippen LogP contribution in [0.2, 0.25) is 0 Å². The average Bonchev–Trinajstić information content (AvgIpc) is 2.97. The fourth-order valence-electron chi connectivity index (χ4n) is 2.24. The Labute approximate surface area is 138 Å². The Kier molecular flexibility index (Phi) is 6.91. The summed E-state index contributed by atoms with van der Waals surface area (Å²) in [7, 11) is -1.83. The van der Waals surface area contributed by atoms with Crippen molar-refractivity contribution in [3.8, 4) is 0 Å². The number of methoxy groups -OCH3 is 1. The topological polar surface area (TPSA) is 67.4 Å². The van der Waals surface area contributed by atoms with Crippen molar-refractivity contribution in [3.63, 3.8) is 0 Å². The van der Waals surface area contributed by atoms with Gasteiger partial charge >= 0.3 is 0 Å². The fourth-order valence-corrected chi connectivity index (χ4v) is 5.75. The van der Waals surface area contributed by atoms with Crippen LogP contribution in [0.15, 0.2) is 20.1 Å². The van der Waals surface area contributed by atoms with Gasteiger partial charge in [-0.3, -0.25) is 0 Å². The summed E-state index contributed by atoms with van der Waals surface area (Å²) in [6.45, 7) is 1.74. The van der Waals surface area contributed by atoms with Crippen LogP contribution in [0.3, 0.4) is 0 Å². The molecule has 2 heterocycles. The quantitative estimate of drug-likeness (QED) is 0.759. The molecule has 2 N–H and O–H groups in total. The smallest absolute Gasteiger partial charge is 0.251 e. The zero-order valence-electron chi connectivity index (χ0n) is 11.0. The van der Waals surface area contributed by atoms with Crippen molar-refractivity contribution in [2.45, 2.75) is 22.6 Å². The molecule has 116 valence electrons. The van der Waals surface area contributed by atoms with E-state index in [-0.39, 0.29) is 17.9 Å². The lowest BCUT2D eigenvalue weighted by atomic mass is 9.99. The summed E-state index contributed by atoms with van der Waals surface area (Å²) in [6.07, 6.45) is 1.95. The number of thiophene rings is 1. The number of sulfonamides is 1. The first-order chi connectivity index (χ1) is 8.99. The molecule has 0 radical (unpaired) electrons. The van der Waals surface area contributed by atoms with Crippen molar-refractivity contribution < 1.29 is 13.2 Å². The first kappa shape index (κ1) is 18.3. The lowest BCUT2D eigenvalue weighted by Crippen LogP contribution is -2.52. The fraction of sp³-hybridized carbons (Fsp3) is 0.636. The molecule has 0 amide bonds. The second-order valence-corrected chi connectivity index (χ2v) is 8.36. The van der Waals surface area contributed by atoms with E-state index in [1.807, 2.05) is 0 Å². The zero-order chi connectivity index (χ0) is 13.9. The number of hydrogen-bond acceptors (Lipinski definition) is 5. The molecule has 0 saturated carbocycles. The van der Waals surface area contributed by atoms with Crippen LogP contribution in [0, 0.1) is 0 Å². The molecule has 1 unspecified atom stereocenters. The van der Waals surface area contributed by atoms with Crippen molar-refractivity contribution in [1.82, 2.24) is 10.0 Å². The lowest BCUT2D eigenvalue weighted by molar-refractivity contribution is 0.122. The van der Waals surface area contributed by atoms with Crippen LogP contribution >= 0.6 is 39.7 Å². The minimum Gasteiger partial charge on any atom is -0.383 e. The second kappa shape index (κ2) is 7.53. The summed E-state index contributed by atoms with van der Waals surface area (Å²) in [5.74, 6) is 0. The maximum absolute atomic E-state index is 12.2. The molecule has 0 aromatic carbocycles. The summed E-state index contributed by atoms with van der Waals surface area (Å²) in [5.41, 5.74) is -0.286. The molecule has 0 bridgehead atoms. The highest BCUT2D eigenvalue weighted by atomic mass is 79.9. The highest BCUT2D eigenvalue weighted by molar-refractivity contribution is 9.10. The molecule has 5 nitrogen and oxygen atoms in total. The number of nitrogens with one attached hydrogen (secondary N) is 2. The maximum atomic E-state index is 12.2. The molecule has 1 atom stereocenters. The van der Waals surface area contributed by atoms with E-state index < -0.39 is 10.0 Å². The van der Waals surface area contributed by atoms with Gasteiger partial charge in [-0.15, -0.1) is 23.7 Å². The van der Waals surface area contributed by atoms with Gasteiger partial charge in [0.2, 0.25) is 0 Å². The van der Waals surface area contributed by atoms with Crippen molar-refractivity contribution in [1.29, 1.82) is 0 Å². The summed E-state index contributed by atoms with van der Waals surface area (Å²) in [5, 5.41) is 5.09. The van der Waals surface area contributed by atoms with Crippen molar-refractivity contribution in [2.24, 2.45) is 0 Å². The molecule has 9 heteroatoms. The van der Waals surface area contributed by atoms with Crippen LogP contribution in [0.25, 0.3) is 0 Å². The number of ether oxygens (including phenoxy) is 1. The first-order valence-corrected chi connectivity index (χ1v) is 9.11. The minimum absolute atomic E-state index is 0. The summed E-state index contributed by atoms with van der Waals surface area (Å²) in [4.78, 5) is 0. The SMILES string of the molecule is COCC1(CNS(=O)(=O)c2sccc2Br)CCCN1.Cl. The molecule has 1 aliphatic rings. The van der Waals surface area contributed by atoms with Gasteiger partial charge in [0.1, 0.15) is 4.21 Å². The van der Waals surface area contributed by atoms with E-state index in [0.717, 1.165) is 19.4 Å². The van der Waals surface area contributed by atoms with Gasteiger partial charge in [-0.2, -0.15) is 0 Å². The zero-order valence-corrected chi connectivity index (χ0v) is 15.1. The Morgan fingerprint density at radius 2 is 2.35 bits per heavy atom. The molecule has 1 aromatic rings. The second-order valence-electron chi connectivity index (χ2n) is 4.62. The van der Waals surface area contributed by atoms with Gasteiger partial charge < -0.3 is 10.1 Å². The van der Waals surface area contributed by atoms with E-state index in [9.17, 15) is 8.42 Å². The molecular weight excluding hydrogens is 388 g/mol. The van der Waals surface area contributed by atoms with Crippen LogP contribution in [0.1, 0.15) is 12.8 Å². The molecule has 0 spiro atoms. The van der Waals surface area contributed by atoms with Gasteiger partial charge in [0, 0.05) is 18.1 Å². The molecule has 1 saturated heterocycles. The Morgan fingerprint density at radius 3 is 2.85 bits per heavy atom. The van der Waals surface area contributed by atoms with Gasteiger partial charge in [0.05, 0.1) is 12.1 Å². The van der Waals surface area contributed by atoms with Crippen molar-refractivity contribution >= 4 is 49.7 Å². The van der Waals surface area contributed by atoms with Crippen LogP contribution in [-0.2, 0) is 14.8 Å². The molecular formula is C11H18BrClN2O3S2. The third-order valence-electron chi connectivity index (χ3n) is 3.18. The predicted octanol–water partition coefficient (Wildman–Crippen LogP) is 1.98. The standard InChI is InChI=1S/C11H17BrN2O3S2.ClH/c1-17-8-11(4-2-5-13-11)7-14-19(15,16)10-9(12)3-6-18-10;/h3,6,13-14H,2,4-5,7-8H2,1H3;1H. The minimum atomic E-state index is -3.47. The highest BCUT2D eigenvalue weighted by Crippen LogP contribution is 2.28. The Bertz CT molecular complexity index is 530. The largest absolute Gasteiger partial charge is 0.383 e. The van der Waals surface area contributed by atoms with Gasteiger partial charge in [0.15, 0.2) is 0 Å². The third-order valence-corrected chi connectivity index (χ3v) is 7.25. The van der Waals surface area contributed by atoms with E-state index in [4.69, 9.17) is 4.74 Å². The first-order valence-electron chi connectivity index (χ1n) is 5.96. The van der Waals surface area contributed by atoms with Crippen LogP contribution in [-0.4, -0.2) is 40.8 Å². The predicted molar refractivity (Wildman–Crippen MR) is 86.3 cm³/mol. The average molecular weight is 406 g/mol. The number of hydrogen-bond donors (Lipinski definition) is 2. The van der Waals surface area contributed by atoms with Crippen LogP contribution < -0.4 is 10.0 Å². The van der Waals surface area contributed by atoms with Gasteiger partial charge in [-0.1, -0.05) is 0 Å². The summed E-state index contributed by atoms with van der Waals surface area (Å²) < 4.78 is 33.2. The van der Waals surface area contributed by atoms with E-state index in [0.29, 0.717) is 21.8 Å². The molecule has 1 aromatic heterocycles. The van der Waals surface area contributed by atoms with Gasteiger partial charge in [-0.05, 0) is 46.8 Å². The van der Waals surface area contributed by atoms with Gasteiger partial charge in [0.25, 0.3) is 10.0 Å².